The lowest BCUT2D eigenvalue weighted by atomic mass is 9.96. The molecule has 2 amide bonds. The quantitative estimate of drug-likeness (QED) is 0.895. The van der Waals surface area contributed by atoms with Gasteiger partial charge >= 0.3 is 0 Å². The van der Waals surface area contributed by atoms with Crippen molar-refractivity contribution in [2.24, 2.45) is 5.92 Å². The molecule has 3 rings (SSSR count). The van der Waals surface area contributed by atoms with Crippen LogP contribution in [0.1, 0.15) is 38.7 Å². The second kappa shape index (κ2) is 7.89. The van der Waals surface area contributed by atoms with Gasteiger partial charge in [-0.1, -0.05) is 12.1 Å². The zero-order valence-electron chi connectivity index (χ0n) is 15.9. The van der Waals surface area contributed by atoms with Crippen LogP contribution in [0.5, 0.6) is 0 Å². The highest BCUT2D eigenvalue weighted by Gasteiger charge is 2.28. The van der Waals surface area contributed by atoms with Gasteiger partial charge in [0.25, 0.3) is 0 Å². The number of amides is 2. The first-order chi connectivity index (χ1) is 12.4. The summed E-state index contributed by atoms with van der Waals surface area (Å²) in [5.41, 5.74) is 2.24. The Labute approximate surface area is 154 Å². The maximum absolute atomic E-state index is 12.6. The molecule has 0 bridgehead atoms. The van der Waals surface area contributed by atoms with Crippen LogP contribution in [0.15, 0.2) is 24.4 Å². The number of piperidine rings is 1. The second-order valence-electron chi connectivity index (χ2n) is 7.52. The first kappa shape index (κ1) is 18.4. The molecule has 140 valence electrons. The predicted molar refractivity (Wildman–Crippen MR) is 102 cm³/mol. The summed E-state index contributed by atoms with van der Waals surface area (Å²) < 4.78 is 1.90. The van der Waals surface area contributed by atoms with Crippen molar-refractivity contribution >= 4 is 22.7 Å². The SMILES string of the molecule is Cc1ccc2cnn(CCC(=O)N3CCCC(C(=O)NC(C)C)C3)c2c1. The van der Waals surface area contributed by atoms with Gasteiger partial charge in [-0.15, -0.1) is 0 Å². The van der Waals surface area contributed by atoms with Gasteiger partial charge in [0.2, 0.25) is 11.8 Å². The zero-order chi connectivity index (χ0) is 18.7. The van der Waals surface area contributed by atoms with E-state index >= 15 is 0 Å². The summed E-state index contributed by atoms with van der Waals surface area (Å²) in [5.74, 6) is 0.0673. The van der Waals surface area contributed by atoms with Crippen LogP contribution in [-0.4, -0.2) is 45.6 Å². The van der Waals surface area contributed by atoms with Crippen molar-refractivity contribution in [2.45, 2.75) is 52.6 Å². The normalized spacial score (nSPS) is 17.7. The van der Waals surface area contributed by atoms with E-state index in [4.69, 9.17) is 0 Å². The Morgan fingerprint density at radius 3 is 2.92 bits per heavy atom. The second-order valence-corrected chi connectivity index (χ2v) is 7.52. The van der Waals surface area contributed by atoms with E-state index in [9.17, 15) is 9.59 Å². The molecule has 6 nitrogen and oxygen atoms in total. The average molecular weight is 356 g/mol. The fourth-order valence-corrected chi connectivity index (χ4v) is 3.54. The van der Waals surface area contributed by atoms with E-state index in [-0.39, 0.29) is 23.8 Å². The van der Waals surface area contributed by atoms with Crippen molar-refractivity contribution in [3.05, 3.63) is 30.0 Å². The van der Waals surface area contributed by atoms with Gasteiger partial charge < -0.3 is 10.2 Å². The Kier molecular flexibility index (Phi) is 5.59. The lowest BCUT2D eigenvalue weighted by Gasteiger charge is -2.32. The predicted octanol–water partition coefficient (Wildman–Crippen LogP) is 2.50. The van der Waals surface area contributed by atoms with Crippen LogP contribution in [0.4, 0.5) is 0 Å². The van der Waals surface area contributed by atoms with Crippen molar-refractivity contribution in [1.29, 1.82) is 0 Å². The summed E-state index contributed by atoms with van der Waals surface area (Å²) in [6.45, 7) is 7.79. The summed E-state index contributed by atoms with van der Waals surface area (Å²) in [6, 6.07) is 6.35. The van der Waals surface area contributed by atoms with Gasteiger partial charge in [-0.25, -0.2) is 0 Å². The highest BCUT2D eigenvalue weighted by molar-refractivity contribution is 5.82. The first-order valence-corrected chi connectivity index (χ1v) is 9.44. The lowest BCUT2D eigenvalue weighted by molar-refractivity contribution is -0.136. The Balaban J connectivity index is 1.59. The van der Waals surface area contributed by atoms with E-state index in [0.29, 0.717) is 19.5 Å². The molecule has 1 aromatic carbocycles. The Bertz CT molecular complexity index is 796. The maximum atomic E-state index is 12.6. The van der Waals surface area contributed by atoms with E-state index in [1.165, 1.54) is 5.56 Å². The van der Waals surface area contributed by atoms with Crippen molar-refractivity contribution in [1.82, 2.24) is 20.0 Å². The van der Waals surface area contributed by atoms with Crippen molar-refractivity contribution < 1.29 is 9.59 Å². The van der Waals surface area contributed by atoms with Crippen LogP contribution in [0.3, 0.4) is 0 Å². The monoisotopic (exact) mass is 356 g/mol. The largest absolute Gasteiger partial charge is 0.354 e. The third-order valence-corrected chi connectivity index (χ3v) is 4.91. The number of nitrogens with zero attached hydrogens (tertiary/aromatic N) is 3. The summed E-state index contributed by atoms with van der Waals surface area (Å²) in [5, 5.41) is 8.46. The third-order valence-electron chi connectivity index (χ3n) is 4.91. The minimum absolute atomic E-state index is 0.0612. The van der Waals surface area contributed by atoms with E-state index < -0.39 is 0 Å². The molecule has 2 aromatic rings. The number of hydrogen-bond donors (Lipinski definition) is 1. The number of nitrogens with one attached hydrogen (secondary N) is 1. The number of aromatic nitrogens is 2. The fraction of sp³-hybridized carbons (Fsp3) is 0.550. The van der Waals surface area contributed by atoms with Gasteiger partial charge in [0.15, 0.2) is 0 Å². The lowest BCUT2D eigenvalue weighted by Crippen LogP contribution is -2.46. The molecule has 1 aliphatic rings. The number of benzene rings is 1. The summed E-state index contributed by atoms with van der Waals surface area (Å²) in [6.07, 6.45) is 3.98. The van der Waals surface area contributed by atoms with Crippen LogP contribution in [0.2, 0.25) is 0 Å². The molecule has 0 aliphatic carbocycles. The number of aryl methyl sites for hydroxylation is 2. The molecule has 0 radical (unpaired) electrons. The number of hydrogen-bond acceptors (Lipinski definition) is 3. The van der Waals surface area contributed by atoms with Gasteiger partial charge in [-0.2, -0.15) is 5.10 Å². The molecule has 0 saturated carbocycles. The molecule has 1 N–H and O–H groups in total. The highest BCUT2D eigenvalue weighted by Crippen LogP contribution is 2.19. The first-order valence-electron chi connectivity index (χ1n) is 9.44. The van der Waals surface area contributed by atoms with Crippen molar-refractivity contribution in [2.75, 3.05) is 13.1 Å². The minimum atomic E-state index is -0.0942. The minimum Gasteiger partial charge on any atom is -0.354 e. The molecule has 1 aliphatic heterocycles. The number of fused-ring (bicyclic) bond motifs is 1. The molecule has 1 unspecified atom stereocenters. The molecule has 6 heteroatoms. The molecule has 1 aromatic heterocycles. The van der Waals surface area contributed by atoms with Crippen molar-refractivity contribution in [3.63, 3.8) is 0 Å². The third kappa shape index (κ3) is 4.23. The maximum Gasteiger partial charge on any atom is 0.225 e. The Morgan fingerprint density at radius 1 is 1.35 bits per heavy atom. The highest BCUT2D eigenvalue weighted by atomic mass is 16.2. The zero-order valence-corrected chi connectivity index (χ0v) is 15.9. The van der Waals surface area contributed by atoms with Crippen LogP contribution >= 0.6 is 0 Å². The smallest absolute Gasteiger partial charge is 0.225 e. The van der Waals surface area contributed by atoms with Crippen molar-refractivity contribution in [3.8, 4) is 0 Å². The van der Waals surface area contributed by atoms with Crippen LogP contribution in [0, 0.1) is 12.8 Å². The van der Waals surface area contributed by atoms with E-state index in [1.54, 1.807) is 0 Å². The Hall–Kier alpha value is -2.37. The molecule has 1 saturated heterocycles. The fourth-order valence-electron chi connectivity index (χ4n) is 3.54. The summed E-state index contributed by atoms with van der Waals surface area (Å²) in [7, 11) is 0. The van der Waals surface area contributed by atoms with Gasteiger partial charge in [-0.05, 0) is 45.2 Å². The molecule has 1 atom stereocenters. The van der Waals surface area contributed by atoms with Gasteiger partial charge in [0, 0.05) is 30.9 Å². The standard InChI is InChI=1S/C20H28N4O2/c1-14(2)22-20(26)17-5-4-9-23(13-17)19(25)8-10-24-18-11-15(3)6-7-16(18)12-21-24/h6-7,11-12,14,17H,4-5,8-10,13H2,1-3H3,(H,22,26). The molecule has 2 heterocycles. The molecular weight excluding hydrogens is 328 g/mol. The van der Waals surface area contributed by atoms with Crippen LogP contribution in [0.25, 0.3) is 10.9 Å². The summed E-state index contributed by atoms with van der Waals surface area (Å²) >= 11 is 0. The molecular formula is C20H28N4O2. The van der Waals surface area contributed by atoms with Gasteiger partial charge in [0.1, 0.15) is 0 Å². The van der Waals surface area contributed by atoms with Gasteiger partial charge in [0.05, 0.1) is 24.2 Å². The van der Waals surface area contributed by atoms with Crippen LogP contribution < -0.4 is 5.32 Å². The number of rotatable bonds is 5. The Morgan fingerprint density at radius 2 is 2.15 bits per heavy atom. The van der Waals surface area contributed by atoms with Gasteiger partial charge in [-0.3, -0.25) is 14.3 Å². The van der Waals surface area contributed by atoms with E-state index in [2.05, 4.69) is 35.5 Å². The number of likely N-dealkylation sites (tertiary alicyclic amines) is 1. The van der Waals surface area contributed by atoms with E-state index in [1.807, 2.05) is 29.6 Å². The molecule has 0 spiro atoms. The molecule has 1 fully saturated rings. The number of carbonyl (C=O) groups excluding carboxylic acids is 2. The topological polar surface area (TPSA) is 67.2 Å². The summed E-state index contributed by atoms with van der Waals surface area (Å²) in [4.78, 5) is 26.7. The average Bonchev–Trinajstić information content (AvgIpc) is 3.01. The van der Waals surface area contributed by atoms with Crippen LogP contribution in [-0.2, 0) is 16.1 Å². The number of carbonyl (C=O) groups is 2. The molecule has 26 heavy (non-hydrogen) atoms. The van der Waals surface area contributed by atoms with E-state index in [0.717, 1.165) is 30.3 Å².